The summed E-state index contributed by atoms with van der Waals surface area (Å²) >= 11 is 12.7. The summed E-state index contributed by atoms with van der Waals surface area (Å²) in [5, 5.41) is 10.7. The number of aliphatic hydroxyl groups excluding tert-OH is 1. The van der Waals surface area contributed by atoms with Gasteiger partial charge >= 0.3 is 10.2 Å². The molecule has 0 atom stereocenters. The monoisotopic (exact) mass is 659 g/mol. The molecule has 0 bridgehead atoms. The quantitative estimate of drug-likeness (QED) is 0.147. The summed E-state index contributed by atoms with van der Waals surface area (Å²) in [6.45, 7) is 4.37. The van der Waals surface area contributed by atoms with Gasteiger partial charge in [-0.3, -0.25) is 0 Å². The third-order valence-corrected chi connectivity index (χ3v) is 9.37. The Morgan fingerprint density at radius 1 is 0.911 bits per heavy atom. The highest BCUT2D eigenvalue weighted by Gasteiger charge is 2.28. The van der Waals surface area contributed by atoms with Crippen LogP contribution in [0.15, 0.2) is 103 Å². The highest BCUT2D eigenvalue weighted by Crippen LogP contribution is 2.33. The first kappa shape index (κ1) is 30.6. The summed E-state index contributed by atoms with van der Waals surface area (Å²) in [5.74, 6) is 0.842. The zero-order chi connectivity index (χ0) is 31.9. The zero-order valence-electron chi connectivity index (χ0n) is 24.6. The number of aliphatic hydroxyl groups is 1. The summed E-state index contributed by atoms with van der Waals surface area (Å²) in [4.78, 5) is 4.96. The predicted octanol–water partition coefficient (Wildman–Crippen LogP) is 7.90. The Bertz CT molecular complexity index is 2020. The number of anilines is 2. The minimum atomic E-state index is -3.90. The number of halogens is 2. The molecule has 5 aromatic rings. The van der Waals surface area contributed by atoms with Crippen LogP contribution in [0.2, 0.25) is 10.0 Å². The molecule has 4 N–H and O–H groups in total. The van der Waals surface area contributed by atoms with Gasteiger partial charge in [0.25, 0.3) is 0 Å². The van der Waals surface area contributed by atoms with Crippen LogP contribution in [-0.4, -0.2) is 23.1 Å². The smallest absolute Gasteiger partial charge is 0.330 e. The van der Waals surface area contributed by atoms with Crippen molar-refractivity contribution in [2.75, 3.05) is 10.0 Å². The topological polar surface area (TPSA) is 113 Å². The molecule has 0 fully saturated rings. The first-order chi connectivity index (χ1) is 21.5. The Morgan fingerprint density at radius 2 is 1.60 bits per heavy atom. The molecular weight excluding hydrogens is 629 g/mol. The first-order valence-electron chi connectivity index (χ1n) is 14.3. The second-order valence-corrected chi connectivity index (χ2v) is 13.7. The van der Waals surface area contributed by atoms with Crippen molar-refractivity contribution in [3.8, 4) is 28.1 Å². The Hall–Kier alpha value is -4.44. The van der Waals surface area contributed by atoms with Crippen LogP contribution in [0.4, 0.5) is 11.4 Å². The molecule has 230 valence electrons. The average molecular weight is 661 g/mol. The summed E-state index contributed by atoms with van der Waals surface area (Å²) < 4.78 is 29.7. The van der Waals surface area contributed by atoms with Gasteiger partial charge in [-0.15, -0.1) is 0 Å². The average Bonchev–Trinajstić information content (AvgIpc) is 3.52. The van der Waals surface area contributed by atoms with Crippen molar-refractivity contribution in [1.29, 1.82) is 0 Å². The molecule has 0 saturated heterocycles. The van der Waals surface area contributed by atoms with Crippen molar-refractivity contribution in [3.63, 3.8) is 0 Å². The molecule has 2 heterocycles. The number of rotatable bonds is 8. The second kappa shape index (κ2) is 12.2. The van der Waals surface area contributed by atoms with E-state index in [-0.39, 0.29) is 0 Å². The maximum Gasteiger partial charge on any atom is 0.330 e. The van der Waals surface area contributed by atoms with Gasteiger partial charge in [-0.2, -0.15) is 8.42 Å². The maximum absolute atomic E-state index is 12.3. The minimum absolute atomic E-state index is 0.367. The Morgan fingerprint density at radius 3 is 2.22 bits per heavy atom. The van der Waals surface area contributed by atoms with E-state index >= 15 is 0 Å². The van der Waals surface area contributed by atoms with Gasteiger partial charge in [0.1, 0.15) is 5.82 Å². The van der Waals surface area contributed by atoms with Gasteiger partial charge in [-0.1, -0.05) is 73.4 Å². The summed E-state index contributed by atoms with van der Waals surface area (Å²) in [6.07, 6.45) is 4.48. The SMILES string of the molecule is CC(C)Cc1ccc(-c2ccc(Cc3nc(-c4ccc(Cl)cc4Cl)cn3-c3ccc(N4C=C(O)NS4(=O)=O)cc3)cc2)cc1N. The minimum Gasteiger partial charge on any atom is -0.493 e. The second-order valence-electron chi connectivity index (χ2n) is 11.4. The Kier molecular flexibility index (Phi) is 8.26. The van der Waals surface area contributed by atoms with E-state index < -0.39 is 16.1 Å². The number of benzene rings is 4. The van der Waals surface area contributed by atoms with Crippen molar-refractivity contribution in [1.82, 2.24) is 14.3 Å². The molecule has 6 rings (SSSR count). The lowest BCUT2D eigenvalue weighted by atomic mass is 9.96. The highest BCUT2D eigenvalue weighted by atomic mass is 35.5. The van der Waals surface area contributed by atoms with Gasteiger partial charge in [-0.05, 0) is 83.1 Å². The van der Waals surface area contributed by atoms with Gasteiger partial charge < -0.3 is 15.4 Å². The van der Waals surface area contributed by atoms with Gasteiger partial charge in [0.05, 0.1) is 22.6 Å². The predicted molar refractivity (Wildman–Crippen MR) is 182 cm³/mol. The fourth-order valence-corrected chi connectivity index (χ4v) is 6.91. The third-order valence-electron chi connectivity index (χ3n) is 7.52. The molecule has 0 spiro atoms. The number of hydrogen-bond donors (Lipinski definition) is 3. The van der Waals surface area contributed by atoms with Crippen molar-refractivity contribution >= 4 is 44.8 Å². The summed E-state index contributed by atoms with van der Waals surface area (Å²) in [6, 6.07) is 26.8. The largest absolute Gasteiger partial charge is 0.493 e. The lowest BCUT2D eigenvalue weighted by Crippen LogP contribution is -2.29. The van der Waals surface area contributed by atoms with E-state index in [1.54, 1.807) is 36.4 Å². The number of imidazole rings is 1. The fraction of sp³-hybridized carbons (Fsp3) is 0.147. The normalized spacial score (nSPS) is 14.1. The molecule has 1 aliphatic heterocycles. The lowest BCUT2D eigenvalue weighted by Gasteiger charge is -2.15. The zero-order valence-corrected chi connectivity index (χ0v) is 26.9. The van der Waals surface area contributed by atoms with Crippen LogP contribution in [0, 0.1) is 5.92 Å². The van der Waals surface area contributed by atoms with Crippen LogP contribution < -0.4 is 14.8 Å². The van der Waals surface area contributed by atoms with Crippen molar-refractivity contribution < 1.29 is 13.5 Å². The summed E-state index contributed by atoms with van der Waals surface area (Å²) in [7, 11) is -3.90. The van der Waals surface area contributed by atoms with Crippen LogP contribution >= 0.6 is 23.2 Å². The number of hydrogen-bond acceptors (Lipinski definition) is 5. The van der Waals surface area contributed by atoms with Gasteiger partial charge in [0, 0.05) is 34.6 Å². The Labute approximate surface area is 272 Å². The van der Waals surface area contributed by atoms with Crippen molar-refractivity contribution in [3.05, 3.63) is 130 Å². The standard InChI is InChI=1S/C34H31Cl2N5O3S/c1-21(2)15-25-8-7-24(17-31(25)37)23-5-3-22(4-6-23)16-33-38-32(29-14-9-26(35)18-30(29)36)19-40(33)27-10-12-28(13-11-27)41-20-34(42)39-45(41,43)44/h3-14,17-21,39,42H,15-16,37H2,1-2H3. The number of nitrogens with zero attached hydrogens (tertiary/aromatic N) is 3. The van der Waals surface area contributed by atoms with Crippen LogP contribution in [0.3, 0.4) is 0 Å². The molecule has 8 nitrogen and oxygen atoms in total. The van der Waals surface area contributed by atoms with E-state index in [0.29, 0.717) is 33.8 Å². The van der Waals surface area contributed by atoms with E-state index in [2.05, 4.69) is 55.0 Å². The van der Waals surface area contributed by atoms with E-state index in [4.69, 9.17) is 33.9 Å². The van der Waals surface area contributed by atoms with Crippen molar-refractivity contribution in [2.45, 2.75) is 26.7 Å². The highest BCUT2D eigenvalue weighted by molar-refractivity contribution is 7.91. The molecule has 0 aliphatic carbocycles. The van der Waals surface area contributed by atoms with E-state index in [0.717, 1.165) is 61.9 Å². The molecule has 0 unspecified atom stereocenters. The molecular formula is C34H31Cl2N5O3S. The maximum atomic E-state index is 12.3. The number of nitrogens with two attached hydrogens (primary N) is 1. The molecule has 45 heavy (non-hydrogen) atoms. The van der Waals surface area contributed by atoms with Gasteiger partial charge in [0.15, 0.2) is 0 Å². The van der Waals surface area contributed by atoms with Gasteiger partial charge in [0.2, 0.25) is 5.88 Å². The van der Waals surface area contributed by atoms with Crippen molar-refractivity contribution in [2.24, 2.45) is 5.92 Å². The fourth-order valence-electron chi connectivity index (χ4n) is 5.35. The third kappa shape index (κ3) is 6.51. The van der Waals surface area contributed by atoms with E-state index in [9.17, 15) is 13.5 Å². The van der Waals surface area contributed by atoms with Gasteiger partial charge in [-0.25, -0.2) is 14.0 Å². The molecule has 1 aliphatic rings. The van der Waals surface area contributed by atoms with Crippen LogP contribution in [0.5, 0.6) is 0 Å². The molecule has 0 amide bonds. The van der Waals surface area contributed by atoms with Crippen LogP contribution in [0.1, 0.15) is 30.8 Å². The Balaban J connectivity index is 1.32. The molecule has 0 radical (unpaired) electrons. The molecule has 0 saturated carbocycles. The first-order valence-corrected chi connectivity index (χ1v) is 16.5. The lowest BCUT2D eigenvalue weighted by molar-refractivity contribution is 0.392. The molecule has 1 aromatic heterocycles. The van der Waals surface area contributed by atoms with Crippen LogP contribution in [-0.2, 0) is 23.1 Å². The number of nitrogens with one attached hydrogen (secondary N) is 1. The van der Waals surface area contributed by atoms with Crippen LogP contribution in [0.25, 0.3) is 28.1 Å². The van der Waals surface area contributed by atoms with E-state index in [1.807, 2.05) is 22.9 Å². The number of nitrogen functional groups attached to an aromatic ring is 1. The number of aromatic nitrogens is 2. The molecule has 4 aromatic carbocycles. The summed E-state index contributed by atoms with van der Waals surface area (Å²) in [5.41, 5.74) is 14.1. The van der Waals surface area contributed by atoms with E-state index in [1.165, 1.54) is 0 Å². The molecule has 11 heteroatoms.